The molecular weight excluding hydrogens is 334 g/mol. The molecule has 4 heteroatoms. The van der Waals surface area contributed by atoms with E-state index in [-0.39, 0.29) is 11.8 Å². The van der Waals surface area contributed by atoms with Gasteiger partial charge in [-0.2, -0.15) is 10.5 Å². The molecule has 1 atom stereocenters. The summed E-state index contributed by atoms with van der Waals surface area (Å²) < 4.78 is 6.71. The Balaban J connectivity index is 1.88. The van der Waals surface area contributed by atoms with E-state index in [9.17, 15) is 5.26 Å². The zero-order chi connectivity index (χ0) is 19.2. The fraction of sp³-hybridized carbons (Fsp3) is 0.304. The summed E-state index contributed by atoms with van der Waals surface area (Å²) in [5.41, 5.74) is 4.13. The fourth-order valence-electron chi connectivity index (χ4n) is 4.43. The summed E-state index contributed by atoms with van der Waals surface area (Å²) in [5.74, 6) is 0.744. The minimum atomic E-state index is -0.662. The Hall–Kier alpha value is -3.24. The molecule has 0 bridgehead atoms. The summed E-state index contributed by atoms with van der Waals surface area (Å²) in [6, 6.07) is 16.7. The summed E-state index contributed by atoms with van der Waals surface area (Å²) in [6.07, 6.45) is 4.76. The van der Waals surface area contributed by atoms with E-state index in [2.05, 4.69) is 68.3 Å². The van der Waals surface area contributed by atoms with Gasteiger partial charge in [0.2, 0.25) is 5.72 Å². The van der Waals surface area contributed by atoms with Crippen LogP contribution < -0.4 is 9.64 Å². The van der Waals surface area contributed by atoms with Crippen LogP contribution in [0.15, 0.2) is 42.5 Å². The average Bonchev–Trinajstić information content (AvgIpc) is 2.82. The van der Waals surface area contributed by atoms with E-state index >= 15 is 0 Å². The highest BCUT2D eigenvalue weighted by Gasteiger charge is 2.57. The van der Waals surface area contributed by atoms with Crippen LogP contribution in [0, 0.1) is 22.7 Å². The van der Waals surface area contributed by atoms with E-state index < -0.39 is 5.72 Å². The van der Waals surface area contributed by atoms with Crippen LogP contribution in [0.1, 0.15) is 36.1 Å². The highest BCUT2D eigenvalue weighted by Crippen LogP contribution is 2.54. The number of para-hydroxylation sites is 1. The second kappa shape index (κ2) is 5.89. The number of likely N-dealkylation sites (N-methyl/N-ethyl adjacent to an activating group) is 1. The van der Waals surface area contributed by atoms with Crippen LogP contribution in [0.25, 0.3) is 6.08 Å². The lowest BCUT2D eigenvalue weighted by molar-refractivity contribution is 0.0572. The van der Waals surface area contributed by atoms with Crippen molar-refractivity contribution in [3.63, 3.8) is 0 Å². The van der Waals surface area contributed by atoms with Crippen molar-refractivity contribution < 1.29 is 4.74 Å². The molecule has 1 unspecified atom stereocenters. The second-order valence-electron chi connectivity index (χ2n) is 7.68. The lowest BCUT2D eigenvalue weighted by Crippen LogP contribution is -2.58. The molecule has 0 aromatic heterocycles. The molecule has 0 amide bonds. The van der Waals surface area contributed by atoms with Crippen molar-refractivity contribution in [2.75, 3.05) is 11.9 Å². The van der Waals surface area contributed by atoms with E-state index in [1.165, 1.54) is 5.56 Å². The van der Waals surface area contributed by atoms with Crippen LogP contribution in [-0.4, -0.2) is 12.8 Å². The van der Waals surface area contributed by atoms with Gasteiger partial charge in [0.1, 0.15) is 5.75 Å². The Bertz CT molecular complexity index is 1040. The van der Waals surface area contributed by atoms with Gasteiger partial charge in [-0.05, 0) is 55.3 Å². The van der Waals surface area contributed by atoms with Gasteiger partial charge in [0.15, 0.2) is 0 Å². The van der Waals surface area contributed by atoms with Crippen molar-refractivity contribution in [1.82, 2.24) is 0 Å². The standard InChI is InChI=1S/C23H21N3O/c1-22(2)19-6-4-5-7-20(19)26(3)23(22)11-8-17-14-16(9-12-24)15-18(10-13-25)21(17)27-23/h4-8,11,14-15H,9-10H2,1-3H3. The number of benzene rings is 2. The van der Waals surface area contributed by atoms with Crippen LogP contribution in [0.2, 0.25) is 0 Å². The lowest BCUT2D eigenvalue weighted by Gasteiger charge is -2.46. The van der Waals surface area contributed by atoms with Crippen molar-refractivity contribution in [1.29, 1.82) is 10.5 Å². The second-order valence-corrected chi connectivity index (χ2v) is 7.68. The maximum Gasteiger partial charge on any atom is 0.211 e. The number of anilines is 1. The smallest absolute Gasteiger partial charge is 0.211 e. The minimum Gasteiger partial charge on any atom is -0.462 e. The molecule has 2 heterocycles. The molecule has 0 saturated heterocycles. The SMILES string of the molecule is CN1c2ccccc2C(C)(C)C12C=Cc1cc(CC#N)cc(CC#N)c1O2. The number of hydrogen-bond acceptors (Lipinski definition) is 4. The molecule has 2 aromatic rings. The molecule has 2 aliphatic heterocycles. The van der Waals surface area contributed by atoms with E-state index in [0.717, 1.165) is 28.1 Å². The van der Waals surface area contributed by atoms with Crippen LogP contribution in [0.4, 0.5) is 5.69 Å². The first kappa shape index (κ1) is 17.2. The number of nitriles is 2. The first-order valence-electron chi connectivity index (χ1n) is 9.06. The number of ether oxygens (including phenoxy) is 1. The highest BCUT2D eigenvalue weighted by molar-refractivity contribution is 5.73. The van der Waals surface area contributed by atoms with E-state index in [4.69, 9.17) is 10.00 Å². The molecule has 0 fully saturated rings. The summed E-state index contributed by atoms with van der Waals surface area (Å²) in [7, 11) is 2.05. The van der Waals surface area contributed by atoms with Crippen LogP contribution in [-0.2, 0) is 18.3 Å². The third-order valence-corrected chi connectivity index (χ3v) is 5.89. The summed E-state index contributed by atoms with van der Waals surface area (Å²) in [5, 5.41) is 18.3. The van der Waals surface area contributed by atoms with Crippen molar-refractivity contribution in [2.24, 2.45) is 0 Å². The van der Waals surface area contributed by atoms with E-state index in [1.54, 1.807) is 0 Å². The van der Waals surface area contributed by atoms with Gasteiger partial charge in [0.05, 0.1) is 30.4 Å². The number of fused-ring (bicyclic) bond motifs is 2. The number of hydrogen-bond donors (Lipinski definition) is 0. The minimum absolute atomic E-state index is 0.253. The summed E-state index contributed by atoms with van der Waals surface area (Å²) in [6.45, 7) is 4.39. The molecule has 0 aliphatic carbocycles. The summed E-state index contributed by atoms with van der Waals surface area (Å²) in [4.78, 5) is 2.18. The third-order valence-electron chi connectivity index (χ3n) is 5.89. The van der Waals surface area contributed by atoms with Gasteiger partial charge in [-0.1, -0.05) is 18.2 Å². The van der Waals surface area contributed by atoms with E-state index in [1.807, 2.05) is 18.2 Å². The first-order valence-corrected chi connectivity index (χ1v) is 9.06. The predicted molar refractivity (Wildman–Crippen MR) is 105 cm³/mol. The Morgan fingerprint density at radius 1 is 1.07 bits per heavy atom. The molecule has 0 radical (unpaired) electrons. The zero-order valence-corrected chi connectivity index (χ0v) is 15.8. The molecule has 0 saturated carbocycles. The molecule has 4 rings (SSSR count). The van der Waals surface area contributed by atoms with Crippen LogP contribution >= 0.6 is 0 Å². The van der Waals surface area contributed by atoms with Crippen LogP contribution in [0.5, 0.6) is 5.75 Å². The quantitative estimate of drug-likeness (QED) is 0.803. The largest absolute Gasteiger partial charge is 0.462 e. The Kier molecular flexibility index (Phi) is 3.75. The van der Waals surface area contributed by atoms with Crippen molar-refractivity contribution in [3.8, 4) is 17.9 Å². The van der Waals surface area contributed by atoms with Crippen molar-refractivity contribution in [2.45, 2.75) is 37.8 Å². The Labute approximate surface area is 159 Å². The molecule has 2 aromatic carbocycles. The first-order chi connectivity index (χ1) is 12.9. The number of rotatable bonds is 2. The predicted octanol–water partition coefficient (Wildman–Crippen LogP) is 4.35. The highest BCUT2D eigenvalue weighted by atomic mass is 16.5. The lowest BCUT2D eigenvalue weighted by atomic mass is 9.76. The average molecular weight is 355 g/mol. The molecule has 0 N–H and O–H groups in total. The molecule has 27 heavy (non-hydrogen) atoms. The molecule has 2 aliphatic rings. The topological polar surface area (TPSA) is 60.0 Å². The fourth-order valence-corrected chi connectivity index (χ4v) is 4.43. The molecule has 134 valence electrons. The molecule has 1 spiro atoms. The van der Waals surface area contributed by atoms with Crippen molar-refractivity contribution >= 4 is 11.8 Å². The Morgan fingerprint density at radius 3 is 2.52 bits per heavy atom. The van der Waals surface area contributed by atoms with Crippen LogP contribution in [0.3, 0.4) is 0 Å². The van der Waals surface area contributed by atoms with Gasteiger partial charge < -0.3 is 9.64 Å². The van der Waals surface area contributed by atoms with Gasteiger partial charge in [-0.3, -0.25) is 0 Å². The van der Waals surface area contributed by atoms with Gasteiger partial charge >= 0.3 is 0 Å². The molecular formula is C23H21N3O. The molecule has 4 nitrogen and oxygen atoms in total. The maximum absolute atomic E-state index is 9.30. The van der Waals surface area contributed by atoms with Gasteiger partial charge in [-0.25, -0.2) is 0 Å². The number of nitrogens with zero attached hydrogens (tertiary/aromatic N) is 3. The third kappa shape index (κ3) is 2.27. The van der Waals surface area contributed by atoms with Gasteiger partial charge in [-0.15, -0.1) is 0 Å². The summed E-state index contributed by atoms with van der Waals surface area (Å²) >= 11 is 0. The zero-order valence-electron chi connectivity index (χ0n) is 15.8. The van der Waals surface area contributed by atoms with Gasteiger partial charge in [0, 0.05) is 23.9 Å². The Morgan fingerprint density at radius 2 is 1.81 bits per heavy atom. The van der Waals surface area contributed by atoms with Gasteiger partial charge in [0.25, 0.3) is 0 Å². The van der Waals surface area contributed by atoms with E-state index in [0.29, 0.717) is 6.42 Å². The monoisotopic (exact) mass is 355 g/mol. The maximum atomic E-state index is 9.30. The van der Waals surface area contributed by atoms with Crippen molar-refractivity contribution in [3.05, 3.63) is 64.7 Å². The normalized spacial score (nSPS) is 21.1.